The second-order valence-corrected chi connectivity index (χ2v) is 8.63. The molecule has 0 saturated heterocycles. The van der Waals surface area contributed by atoms with Gasteiger partial charge in [0.1, 0.15) is 29.9 Å². The Hall–Kier alpha value is -2.94. The van der Waals surface area contributed by atoms with Crippen molar-refractivity contribution >= 4 is 34.8 Å². The van der Waals surface area contributed by atoms with Crippen LogP contribution in [0.25, 0.3) is 5.70 Å². The van der Waals surface area contributed by atoms with E-state index in [0.29, 0.717) is 4.48 Å². The van der Waals surface area contributed by atoms with Gasteiger partial charge in [0.2, 0.25) is 0 Å². The van der Waals surface area contributed by atoms with Crippen molar-refractivity contribution in [2.24, 2.45) is 9.98 Å². The molecule has 2 aliphatic heterocycles. The van der Waals surface area contributed by atoms with Gasteiger partial charge in [-0.05, 0) is 57.2 Å². The molecule has 2 aromatic rings. The Morgan fingerprint density at radius 3 is 2.52 bits per heavy atom. The van der Waals surface area contributed by atoms with Crippen LogP contribution in [0.2, 0.25) is 0 Å². The van der Waals surface area contributed by atoms with E-state index in [0.717, 1.165) is 32.5 Å². The molecule has 1 atom stereocenters. The summed E-state index contributed by atoms with van der Waals surface area (Å²) in [5.74, 6) is 7.37. The first-order valence-corrected chi connectivity index (χ1v) is 9.58. The number of nitrogens with two attached hydrogens (primary N) is 1. The molecule has 1 unspecified atom stereocenters. The molecule has 3 heterocycles. The minimum absolute atomic E-state index is 0.0431. The summed E-state index contributed by atoms with van der Waals surface area (Å²) in [6, 6.07) is 11.7. The third-order valence-corrected chi connectivity index (χ3v) is 5.75. The van der Waals surface area contributed by atoms with Gasteiger partial charge in [-0.1, -0.05) is 11.8 Å². The lowest BCUT2D eigenvalue weighted by Crippen LogP contribution is -2.56. The Morgan fingerprint density at radius 1 is 1.04 bits per heavy atom. The van der Waals surface area contributed by atoms with Crippen molar-refractivity contribution in [3.8, 4) is 11.8 Å². The van der Waals surface area contributed by atoms with Crippen molar-refractivity contribution in [1.29, 1.82) is 0 Å². The van der Waals surface area contributed by atoms with Crippen LogP contribution in [0.4, 0.5) is 5.69 Å². The molecule has 5 heteroatoms. The maximum Gasteiger partial charge on any atom is 0.256 e. The minimum Gasteiger partial charge on any atom is -0.399 e. The summed E-state index contributed by atoms with van der Waals surface area (Å²) >= 11 is 1.66. The largest absolute Gasteiger partial charge is 0.399 e. The van der Waals surface area contributed by atoms with Crippen LogP contribution in [-0.2, 0) is 0 Å². The number of nitrogens with zero attached hydrogens (tertiary/aromatic N) is 3. The Morgan fingerprint density at radius 2 is 1.81 bits per heavy atom. The average molecular weight is 374 g/mol. The van der Waals surface area contributed by atoms with Crippen LogP contribution in [0.1, 0.15) is 36.1 Å². The molecule has 0 aliphatic carbocycles. The number of nitrogen functional groups attached to an aromatic ring is 1. The summed E-state index contributed by atoms with van der Waals surface area (Å²) in [4.78, 5) is 11.3. The van der Waals surface area contributed by atoms with Crippen LogP contribution in [0.5, 0.6) is 0 Å². The topological polar surface area (TPSA) is 50.7 Å². The molecule has 0 fully saturated rings. The molecular formula is C22H21N4S+. The van der Waals surface area contributed by atoms with E-state index in [1.165, 1.54) is 0 Å². The van der Waals surface area contributed by atoms with Gasteiger partial charge in [0.05, 0.1) is 16.0 Å². The number of rotatable bonds is 1. The fourth-order valence-electron chi connectivity index (χ4n) is 3.11. The zero-order valence-corrected chi connectivity index (χ0v) is 16.4. The number of amidine groups is 1. The maximum absolute atomic E-state index is 5.72. The monoisotopic (exact) mass is 373 g/mol. The Balaban J connectivity index is 1.65. The van der Waals surface area contributed by atoms with Gasteiger partial charge in [-0.3, -0.25) is 4.99 Å². The lowest BCUT2D eigenvalue weighted by Gasteiger charge is -2.39. The number of aliphatic imine (C=N–C) groups is 2. The van der Waals surface area contributed by atoms with Gasteiger partial charge in [0.25, 0.3) is 5.84 Å². The lowest BCUT2D eigenvalue weighted by molar-refractivity contribution is -0.783. The molecule has 134 valence electrons. The van der Waals surface area contributed by atoms with Crippen LogP contribution >= 0.6 is 11.3 Å². The molecular weight excluding hydrogens is 352 g/mol. The molecule has 1 aromatic carbocycles. The van der Waals surface area contributed by atoms with Crippen molar-refractivity contribution in [1.82, 2.24) is 0 Å². The Kier molecular flexibility index (Phi) is 4.11. The first-order chi connectivity index (χ1) is 12.9. The summed E-state index contributed by atoms with van der Waals surface area (Å²) in [6.45, 7) is 6.64. The highest BCUT2D eigenvalue weighted by atomic mass is 32.1. The third-order valence-electron chi connectivity index (χ3n) is 4.73. The van der Waals surface area contributed by atoms with E-state index in [-0.39, 0.29) is 5.54 Å². The molecule has 2 aliphatic rings. The zero-order valence-electron chi connectivity index (χ0n) is 15.6. The summed E-state index contributed by atoms with van der Waals surface area (Å²) in [5, 5.41) is 0. The fraction of sp³-hybridized carbons (Fsp3) is 0.182. The van der Waals surface area contributed by atoms with Gasteiger partial charge in [0, 0.05) is 11.3 Å². The number of hydrogen-bond acceptors (Lipinski definition) is 4. The quantitative estimate of drug-likeness (QED) is 0.443. The summed E-state index contributed by atoms with van der Waals surface area (Å²) in [7, 11) is 0. The van der Waals surface area contributed by atoms with Crippen LogP contribution in [0.3, 0.4) is 0 Å². The highest BCUT2D eigenvalue weighted by Crippen LogP contribution is 2.39. The Labute approximate surface area is 163 Å². The van der Waals surface area contributed by atoms with Gasteiger partial charge in [0.15, 0.2) is 0 Å². The number of hydrogen-bond donors (Lipinski definition) is 1. The van der Waals surface area contributed by atoms with Crippen LogP contribution < -0.4 is 5.73 Å². The van der Waals surface area contributed by atoms with E-state index >= 15 is 0 Å². The molecule has 4 rings (SSSR count). The minimum atomic E-state index is -0.0431. The molecule has 0 spiro atoms. The average Bonchev–Trinajstić information content (AvgIpc) is 3.26. The molecule has 27 heavy (non-hydrogen) atoms. The number of anilines is 1. The number of fused-ring (bicyclic) bond motifs is 1. The number of benzene rings is 1. The van der Waals surface area contributed by atoms with Crippen LogP contribution in [0.15, 0.2) is 65.0 Å². The molecule has 0 amide bonds. The van der Waals surface area contributed by atoms with Crippen LogP contribution in [-0.4, -0.2) is 22.1 Å². The maximum atomic E-state index is 5.72. The van der Waals surface area contributed by atoms with Crippen molar-refractivity contribution in [2.75, 3.05) is 5.73 Å². The highest BCUT2D eigenvalue weighted by Gasteiger charge is 2.47. The summed E-state index contributed by atoms with van der Waals surface area (Å²) < 4.78 is 0.580. The molecule has 2 N–H and O–H groups in total. The standard InChI is InChI=1S/C22H21N4S/c1-22(2,3)26-13-12-24-14-21(26)25-19(15-26)20-11-10-18(27-20)9-6-16-4-7-17(23)8-5-16/h4-5,7-8,10-15H,23H2,1-3H3/q+1. The molecule has 4 nitrogen and oxygen atoms in total. The van der Waals surface area contributed by atoms with Gasteiger partial charge in [-0.25, -0.2) is 4.48 Å². The van der Waals surface area contributed by atoms with E-state index in [4.69, 9.17) is 10.7 Å². The van der Waals surface area contributed by atoms with Crippen molar-refractivity contribution in [3.63, 3.8) is 0 Å². The zero-order chi connectivity index (χ0) is 19.1. The summed E-state index contributed by atoms with van der Waals surface area (Å²) in [6.07, 6.45) is 8.01. The molecule has 1 aromatic heterocycles. The van der Waals surface area contributed by atoms with E-state index in [2.05, 4.69) is 56.1 Å². The second-order valence-electron chi connectivity index (χ2n) is 7.54. The van der Waals surface area contributed by atoms with Gasteiger partial charge < -0.3 is 5.73 Å². The first kappa shape index (κ1) is 17.5. The molecule has 0 radical (unpaired) electrons. The predicted octanol–water partition coefficient (Wildman–Crippen LogP) is 4.61. The third kappa shape index (κ3) is 3.14. The summed E-state index contributed by atoms with van der Waals surface area (Å²) in [5.41, 5.74) is 8.35. The molecule has 0 saturated carbocycles. The predicted molar refractivity (Wildman–Crippen MR) is 114 cm³/mol. The number of thiophene rings is 1. The van der Waals surface area contributed by atoms with Crippen molar-refractivity contribution < 1.29 is 4.48 Å². The number of quaternary nitrogens is 1. The van der Waals surface area contributed by atoms with Crippen LogP contribution in [0, 0.1) is 11.8 Å². The van der Waals surface area contributed by atoms with Gasteiger partial charge >= 0.3 is 0 Å². The van der Waals surface area contributed by atoms with E-state index in [1.807, 2.05) is 42.7 Å². The van der Waals surface area contributed by atoms with Crippen molar-refractivity contribution in [2.45, 2.75) is 26.3 Å². The van der Waals surface area contributed by atoms with E-state index < -0.39 is 0 Å². The van der Waals surface area contributed by atoms with Gasteiger partial charge in [-0.15, -0.1) is 11.3 Å². The van der Waals surface area contributed by atoms with E-state index in [9.17, 15) is 0 Å². The first-order valence-electron chi connectivity index (χ1n) is 8.77. The van der Waals surface area contributed by atoms with Crippen molar-refractivity contribution in [3.05, 3.63) is 70.3 Å². The lowest BCUT2D eigenvalue weighted by atomic mass is 10.0. The smallest absolute Gasteiger partial charge is 0.256 e. The SMILES string of the molecule is CC(C)(C)[N+]12C=CN=CC1=NC(c1ccc(C#Cc3ccc(N)cc3)s1)=C2. The fourth-order valence-corrected chi connectivity index (χ4v) is 3.93. The van der Waals surface area contributed by atoms with E-state index in [1.54, 1.807) is 11.3 Å². The molecule has 0 bridgehead atoms. The normalized spacial score (nSPS) is 20.6. The van der Waals surface area contributed by atoms with Gasteiger partial charge in [-0.2, -0.15) is 4.99 Å². The Bertz CT molecular complexity index is 1070. The highest BCUT2D eigenvalue weighted by molar-refractivity contribution is 7.13. The second kappa shape index (κ2) is 6.34.